The Morgan fingerprint density at radius 1 is 1.15 bits per heavy atom. The van der Waals surface area contributed by atoms with Gasteiger partial charge in [-0.15, -0.1) is 0 Å². The van der Waals surface area contributed by atoms with E-state index in [1.54, 1.807) is 36.4 Å². The molecule has 2 aliphatic heterocycles. The van der Waals surface area contributed by atoms with Gasteiger partial charge in [0.25, 0.3) is 0 Å². The lowest BCUT2D eigenvalue weighted by Crippen LogP contribution is -2.38. The van der Waals surface area contributed by atoms with Crippen molar-refractivity contribution in [3.05, 3.63) is 88.6 Å². The Hall–Kier alpha value is -4.33. The van der Waals surface area contributed by atoms with E-state index in [1.807, 2.05) is 18.2 Å². The van der Waals surface area contributed by atoms with Crippen molar-refractivity contribution in [2.45, 2.75) is 44.4 Å². The number of carboxylic acids is 1. The number of carboxylic acid groups (broad SMARTS) is 1. The molecule has 4 heterocycles. The van der Waals surface area contributed by atoms with Gasteiger partial charge in [-0.05, 0) is 69.3 Å². The molecule has 1 saturated heterocycles. The van der Waals surface area contributed by atoms with E-state index in [-0.39, 0.29) is 35.7 Å². The smallest absolute Gasteiger partial charge is 0.335 e. The van der Waals surface area contributed by atoms with Crippen LogP contribution in [0.2, 0.25) is 0 Å². The Morgan fingerprint density at radius 3 is 2.73 bits per heavy atom. The van der Waals surface area contributed by atoms with E-state index in [9.17, 15) is 14.3 Å². The lowest BCUT2D eigenvalue weighted by Gasteiger charge is -2.36. The number of fused-ring (bicyclic) bond motifs is 3. The molecular formula is C31H30FN5O4. The average molecular weight is 556 g/mol. The van der Waals surface area contributed by atoms with Crippen molar-refractivity contribution >= 4 is 17.0 Å². The molecule has 1 fully saturated rings. The Bertz CT molecular complexity index is 1640. The number of aromatic carboxylic acids is 1. The summed E-state index contributed by atoms with van der Waals surface area (Å²) in [7, 11) is 0. The number of piperidine rings is 1. The van der Waals surface area contributed by atoms with Gasteiger partial charge in [-0.1, -0.05) is 12.1 Å². The van der Waals surface area contributed by atoms with E-state index in [2.05, 4.69) is 16.4 Å². The van der Waals surface area contributed by atoms with Crippen LogP contribution in [0.1, 0.15) is 70.8 Å². The Balaban J connectivity index is 1.15. The summed E-state index contributed by atoms with van der Waals surface area (Å²) in [5.41, 5.74) is 3.44. The molecule has 9 nitrogen and oxygen atoms in total. The van der Waals surface area contributed by atoms with Crippen molar-refractivity contribution in [2.24, 2.45) is 0 Å². The second-order valence-corrected chi connectivity index (χ2v) is 10.7. The molecule has 0 spiro atoms. The van der Waals surface area contributed by atoms with Crippen molar-refractivity contribution < 1.29 is 23.8 Å². The van der Waals surface area contributed by atoms with Crippen molar-refractivity contribution in [1.29, 1.82) is 5.26 Å². The molecule has 2 atom stereocenters. The van der Waals surface area contributed by atoms with Crippen molar-refractivity contribution in [3.63, 3.8) is 0 Å². The Labute approximate surface area is 236 Å². The van der Waals surface area contributed by atoms with Crippen LogP contribution in [0.25, 0.3) is 11.0 Å². The second-order valence-electron chi connectivity index (χ2n) is 10.7. The zero-order chi connectivity index (χ0) is 28.5. The van der Waals surface area contributed by atoms with Gasteiger partial charge < -0.3 is 19.1 Å². The summed E-state index contributed by atoms with van der Waals surface area (Å²) in [6.07, 6.45) is 1.80. The maximum atomic E-state index is 14.3. The number of imidazole rings is 1. The van der Waals surface area contributed by atoms with Gasteiger partial charge in [-0.2, -0.15) is 5.26 Å². The van der Waals surface area contributed by atoms with Crippen LogP contribution in [0, 0.1) is 17.1 Å². The van der Waals surface area contributed by atoms with Crippen LogP contribution in [0.4, 0.5) is 4.39 Å². The fraction of sp³-hybridized carbons (Fsp3) is 0.355. The zero-order valence-corrected chi connectivity index (χ0v) is 22.7. The molecule has 10 heteroatoms. The number of nitrogens with zero attached hydrogens (tertiary/aromatic N) is 5. The minimum Gasteiger partial charge on any atom is -0.478 e. The number of ether oxygens (including phenoxy) is 2. The topological polar surface area (TPSA) is 114 Å². The number of halogens is 1. The first-order valence-corrected chi connectivity index (χ1v) is 13.8. The molecule has 1 N–H and O–H groups in total. The number of hydrogen-bond donors (Lipinski definition) is 1. The summed E-state index contributed by atoms with van der Waals surface area (Å²) < 4.78 is 28.3. The number of nitriles is 1. The number of rotatable bonds is 6. The molecule has 0 saturated carbocycles. The number of hydrogen-bond acceptors (Lipinski definition) is 7. The largest absolute Gasteiger partial charge is 0.478 e. The highest BCUT2D eigenvalue weighted by molar-refractivity contribution is 5.92. The van der Waals surface area contributed by atoms with Gasteiger partial charge in [0, 0.05) is 23.2 Å². The normalized spacial score (nSPS) is 19.8. The molecule has 210 valence electrons. The summed E-state index contributed by atoms with van der Waals surface area (Å²) in [6, 6.07) is 17.0. The molecule has 0 aliphatic carbocycles. The van der Waals surface area contributed by atoms with Gasteiger partial charge in [0.15, 0.2) is 0 Å². The number of pyridine rings is 1. The lowest BCUT2D eigenvalue weighted by molar-refractivity contribution is 0.0479. The first kappa shape index (κ1) is 26.9. The van der Waals surface area contributed by atoms with Crippen LogP contribution in [0.15, 0.2) is 54.6 Å². The highest BCUT2D eigenvalue weighted by Gasteiger charge is 2.34. The lowest BCUT2D eigenvalue weighted by atomic mass is 9.92. The van der Waals surface area contributed by atoms with Gasteiger partial charge >= 0.3 is 5.97 Å². The van der Waals surface area contributed by atoms with Crippen LogP contribution in [0.3, 0.4) is 0 Å². The summed E-state index contributed by atoms with van der Waals surface area (Å²) in [6.45, 7) is 4.83. The summed E-state index contributed by atoms with van der Waals surface area (Å²) >= 11 is 0. The van der Waals surface area contributed by atoms with Crippen molar-refractivity contribution in [3.8, 4) is 11.9 Å². The van der Waals surface area contributed by atoms with E-state index in [4.69, 9.17) is 24.7 Å². The van der Waals surface area contributed by atoms with E-state index >= 15 is 0 Å². The van der Waals surface area contributed by atoms with Gasteiger partial charge in [-0.3, -0.25) is 4.90 Å². The highest BCUT2D eigenvalue weighted by Crippen LogP contribution is 2.36. The SMILES string of the molecule is C[C@H]1COC[C@H](N2CCC(c3cccc(OCc4ccc(C#N)cc4F)n3)CC2)c2nc3ccc(C(=O)O)cc3n21. The minimum atomic E-state index is -0.955. The minimum absolute atomic E-state index is 0.0293. The Kier molecular flexibility index (Phi) is 7.39. The molecular weight excluding hydrogens is 525 g/mol. The molecule has 0 amide bonds. The molecule has 0 radical (unpaired) electrons. The number of likely N-dealkylation sites (tertiary alicyclic amines) is 1. The first-order chi connectivity index (χ1) is 19.9. The third-order valence-electron chi connectivity index (χ3n) is 8.03. The zero-order valence-electron chi connectivity index (χ0n) is 22.7. The van der Waals surface area contributed by atoms with Crippen LogP contribution in [0.5, 0.6) is 5.88 Å². The fourth-order valence-electron chi connectivity index (χ4n) is 5.84. The molecule has 4 aromatic rings. The van der Waals surface area contributed by atoms with Crippen LogP contribution < -0.4 is 4.74 Å². The van der Waals surface area contributed by atoms with E-state index in [0.29, 0.717) is 24.7 Å². The third-order valence-corrected chi connectivity index (χ3v) is 8.03. The van der Waals surface area contributed by atoms with Gasteiger partial charge in [0.05, 0.1) is 53.5 Å². The third kappa shape index (κ3) is 5.38. The standard InChI is InChI=1S/C31H30FN5O4/c1-19-16-40-18-28(30-35-26-8-7-22(31(38)39)14-27(26)37(19)30)36-11-9-21(10-12-36)25-3-2-4-29(34-25)41-17-23-6-5-20(15-33)13-24(23)32/h2-8,13-14,19,21,28H,9-12,16-18H2,1H3,(H,38,39)/t19-,28-/m0/s1. The molecule has 0 bridgehead atoms. The van der Waals surface area contributed by atoms with Crippen molar-refractivity contribution in [1.82, 2.24) is 19.4 Å². The van der Waals surface area contributed by atoms with E-state index < -0.39 is 11.8 Å². The van der Waals surface area contributed by atoms with Crippen LogP contribution >= 0.6 is 0 Å². The molecule has 6 rings (SSSR count). The summed E-state index contributed by atoms with van der Waals surface area (Å²) in [5.74, 6) is 0.177. The molecule has 2 aromatic heterocycles. The number of aromatic nitrogens is 3. The van der Waals surface area contributed by atoms with E-state index in [0.717, 1.165) is 48.5 Å². The monoisotopic (exact) mass is 555 g/mol. The maximum Gasteiger partial charge on any atom is 0.335 e. The quantitative estimate of drug-likeness (QED) is 0.344. The highest BCUT2D eigenvalue weighted by atomic mass is 19.1. The molecule has 0 unspecified atom stereocenters. The van der Waals surface area contributed by atoms with Crippen molar-refractivity contribution in [2.75, 3.05) is 26.3 Å². The molecule has 41 heavy (non-hydrogen) atoms. The predicted octanol–water partition coefficient (Wildman–Crippen LogP) is 5.23. The maximum absolute atomic E-state index is 14.3. The van der Waals surface area contributed by atoms with E-state index in [1.165, 1.54) is 6.07 Å². The van der Waals surface area contributed by atoms with Crippen LogP contribution in [-0.2, 0) is 11.3 Å². The van der Waals surface area contributed by atoms with Gasteiger partial charge in [0.1, 0.15) is 18.2 Å². The first-order valence-electron chi connectivity index (χ1n) is 13.8. The van der Waals surface area contributed by atoms with Gasteiger partial charge in [0.2, 0.25) is 5.88 Å². The Morgan fingerprint density at radius 2 is 1.98 bits per heavy atom. The number of carbonyl (C=O) groups is 1. The predicted molar refractivity (Wildman–Crippen MR) is 148 cm³/mol. The number of benzene rings is 2. The van der Waals surface area contributed by atoms with Gasteiger partial charge in [-0.25, -0.2) is 19.2 Å². The fourth-order valence-corrected chi connectivity index (χ4v) is 5.84. The molecule has 2 aromatic carbocycles. The summed E-state index contributed by atoms with van der Waals surface area (Å²) in [4.78, 5) is 23.7. The van der Waals surface area contributed by atoms with Crippen LogP contribution in [-0.4, -0.2) is 56.8 Å². The molecule has 2 aliphatic rings. The second kappa shape index (κ2) is 11.3. The average Bonchev–Trinajstić information content (AvgIpc) is 3.29. The summed E-state index contributed by atoms with van der Waals surface area (Å²) in [5, 5.41) is 18.4.